The van der Waals surface area contributed by atoms with E-state index in [4.69, 9.17) is 0 Å². The maximum Gasteiger partial charge on any atom is 0.419 e. The Kier molecular flexibility index (Phi) is 3.23. The van der Waals surface area contributed by atoms with Crippen molar-refractivity contribution < 1.29 is 4.42 Å². The van der Waals surface area contributed by atoms with Gasteiger partial charge in [0.05, 0.1) is 10.6 Å². The average Bonchev–Trinajstić information content (AvgIpc) is 2.15. The second-order valence-corrected chi connectivity index (χ2v) is 2.61. The number of H-pyrrole nitrogens is 1. The third-order valence-electron chi connectivity index (χ3n) is 1.68. The number of aromatic nitrogens is 1. The van der Waals surface area contributed by atoms with Crippen LogP contribution in [0, 0.1) is 0 Å². The lowest BCUT2D eigenvalue weighted by molar-refractivity contribution is 0.440. The van der Waals surface area contributed by atoms with Gasteiger partial charge >= 0.3 is 11.4 Å². The lowest BCUT2D eigenvalue weighted by Crippen LogP contribution is -2.44. The van der Waals surface area contributed by atoms with Gasteiger partial charge in [-0.2, -0.15) is 0 Å². The van der Waals surface area contributed by atoms with Crippen LogP contribution in [0.25, 0.3) is 12.2 Å². The van der Waals surface area contributed by atoms with Crippen molar-refractivity contribution >= 4 is 12.2 Å². The zero-order valence-corrected chi connectivity index (χ0v) is 8.03. The average molecular weight is 193 g/mol. The van der Waals surface area contributed by atoms with Gasteiger partial charge in [-0.3, -0.25) is 4.98 Å². The third-order valence-corrected chi connectivity index (χ3v) is 1.68. The summed E-state index contributed by atoms with van der Waals surface area (Å²) in [7, 11) is 0. The van der Waals surface area contributed by atoms with Crippen molar-refractivity contribution in [2.75, 3.05) is 0 Å². The van der Waals surface area contributed by atoms with E-state index in [2.05, 4.69) is 9.40 Å². The van der Waals surface area contributed by atoms with Gasteiger partial charge in [0.25, 0.3) is 0 Å². The van der Waals surface area contributed by atoms with Crippen LogP contribution in [-0.2, 0) is 0 Å². The van der Waals surface area contributed by atoms with Gasteiger partial charge in [0.2, 0.25) is 0 Å². The van der Waals surface area contributed by atoms with Gasteiger partial charge in [-0.05, 0) is 19.9 Å². The van der Waals surface area contributed by atoms with E-state index in [1.807, 2.05) is 6.92 Å². The highest BCUT2D eigenvalue weighted by Gasteiger charge is 1.94. The van der Waals surface area contributed by atoms with E-state index in [-0.39, 0.29) is 0 Å². The first-order valence-corrected chi connectivity index (χ1v) is 4.22. The quantitative estimate of drug-likeness (QED) is 0.653. The molecule has 0 aliphatic rings. The number of rotatable bonds is 1. The molecule has 4 nitrogen and oxygen atoms in total. The van der Waals surface area contributed by atoms with E-state index in [1.54, 1.807) is 31.2 Å². The summed E-state index contributed by atoms with van der Waals surface area (Å²) in [5.74, 6) is -0.735. The van der Waals surface area contributed by atoms with Crippen LogP contribution in [0.1, 0.15) is 13.8 Å². The molecular weight excluding hydrogens is 182 g/mol. The van der Waals surface area contributed by atoms with Crippen molar-refractivity contribution in [3.63, 3.8) is 0 Å². The SMILES string of the molecule is C\C=C/C=c1/c(=O)oc(=O)[nH]/c1=C/C. The molecule has 0 bridgehead atoms. The fourth-order valence-electron chi connectivity index (χ4n) is 1.03. The summed E-state index contributed by atoms with van der Waals surface area (Å²) < 4.78 is 4.40. The molecule has 1 N–H and O–H groups in total. The highest BCUT2D eigenvalue weighted by Crippen LogP contribution is 1.67. The molecule has 0 saturated heterocycles. The zero-order valence-electron chi connectivity index (χ0n) is 8.03. The Labute approximate surface area is 79.9 Å². The van der Waals surface area contributed by atoms with Crippen LogP contribution < -0.4 is 21.9 Å². The first kappa shape index (κ1) is 10.2. The summed E-state index contributed by atoms with van der Waals surface area (Å²) in [5, 5.41) is 0.828. The molecule has 74 valence electrons. The normalized spacial score (nSPS) is 14.1. The Balaban J connectivity index is 3.76. The molecule has 0 aliphatic carbocycles. The molecular formula is C10H11NO3. The van der Waals surface area contributed by atoms with Gasteiger partial charge in [0.15, 0.2) is 0 Å². The van der Waals surface area contributed by atoms with E-state index >= 15 is 0 Å². The lowest BCUT2D eigenvalue weighted by atomic mass is 10.3. The van der Waals surface area contributed by atoms with E-state index < -0.39 is 11.4 Å². The van der Waals surface area contributed by atoms with Gasteiger partial charge in [-0.15, -0.1) is 0 Å². The van der Waals surface area contributed by atoms with Gasteiger partial charge in [-0.1, -0.05) is 18.2 Å². The summed E-state index contributed by atoms with van der Waals surface area (Å²) in [4.78, 5) is 24.5. The van der Waals surface area contributed by atoms with Crippen molar-refractivity contribution in [3.05, 3.63) is 43.7 Å². The zero-order chi connectivity index (χ0) is 10.6. The molecule has 14 heavy (non-hydrogen) atoms. The smallest absolute Gasteiger partial charge is 0.372 e. The van der Waals surface area contributed by atoms with Crippen molar-refractivity contribution in [1.82, 2.24) is 4.98 Å². The first-order chi connectivity index (χ1) is 6.69. The summed E-state index contributed by atoms with van der Waals surface area (Å²) in [6.45, 7) is 3.57. The molecule has 0 atom stereocenters. The molecule has 1 rings (SSSR count). The molecule has 0 fully saturated rings. The maximum absolute atomic E-state index is 11.3. The summed E-state index contributed by atoms with van der Waals surface area (Å²) >= 11 is 0. The van der Waals surface area contributed by atoms with Crippen molar-refractivity contribution in [3.8, 4) is 0 Å². The van der Waals surface area contributed by atoms with Crippen LogP contribution in [0.5, 0.6) is 0 Å². The Bertz CT molecular complexity index is 560. The molecule has 0 unspecified atom stereocenters. The summed E-state index contributed by atoms with van der Waals surface area (Å²) in [6, 6.07) is 0. The van der Waals surface area contributed by atoms with Crippen LogP contribution in [0.3, 0.4) is 0 Å². The molecule has 1 heterocycles. The Morgan fingerprint density at radius 2 is 2.00 bits per heavy atom. The van der Waals surface area contributed by atoms with Crippen molar-refractivity contribution in [1.29, 1.82) is 0 Å². The number of aromatic amines is 1. The summed E-state index contributed by atoms with van der Waals surface area (Å²) in [5.41, 5.74) is -0.625. The fourth-order valence-corrected chi connectivity index (χ4v) is 1.03. The maximum atomic E-state index is 11.3. The molecule has 4 heteroatoms. The number of hydrogen-bond acceptors (Lipinski definition) is 3. The molecule has 0 amide bonds. The molecule has 0 aromatic carbocycles. The Hall–Kier alpha value is -1.84. The highest BCUT2D eigenvalue weighted by atomic mass is 16.4. The van der Waals surface area contributed by atoms with E-state index in [0.717, 1.165) is 0 Å². The van der Waals surface area contributed by atoms with Gasteiger partial charge in [-0.25, -0.2) is 9.59 Å². The topological polar surface area (TPSA) is 63.1 Å². The van der Waals surface area contributed by atoms with E-state index in [9.17, 15) is 9.59 Å². The van der Waals surface area contributed by atoms with E-state index in [0.29, 0.717) is 10.6 Å². The van der Waals surface area contributed by atoms with Crippen LogP contribution in [0.4, 0.5) is 0 Å². The number of nitrogens with one attached hydrogen (secondary N) is 1. The van der Waals surface area contributed by atoms with Crippen LogP contribution in [0.15, 0.2) is 26.2 Å². The first-order valence-electron chi connectivity index (χ1n) is 4.22. The summed E-state index contributed by atoms with van der Waals surface area (Å²) in [6.07, 6.45) is 6.73. The predicted octanol–water partition coefficient (Wildman–Crippen LogP) is -0.515. The largest absolute Gasteiger partial charge is 0.419 e. The second kappa shape index (κ2) is 4.41. The van der Waals surface area contributed by atoms with E-state index in [1.165, 1.54) is 0 Å². The molecule has 0 spiro atoms. The van der Waals surface area contributed by atoms with Gasteiger partial charge < -0.3 is 4.42 Å². The number of allylic oxidation sites excluding steroid dienone is 2. The fraction of sp³-hybridized carbons (Fsp3) is 0.200. The Morgan fingerprint density at radius 3 is 2.57 bits per heavy atom. The van der Waals surface area contributed by atoms with Crippen LogP contribution in [-0.4, -0.2) is 4.98 Å². The predicted molar refractivity (Wildman–Crippen MR) is 54.3 cm³/mol. The minimum absolute atomic E-state index is 0.352. The van der Waals surface area contributed by atoms with Gasteiger partial charge in [0, 0.05) is 0 Å². The van der Waals surface area contributed by atoms with Crippen LogP contribution in [0.2, 0.25) is 0 Å². The lowest BCUT2D eigenvalue weighted by Gasteiger charge is -1.86. The number of hydrogen-bond donors (Lipinski definition) is 1. The van der Waals surface area contributed by atoms with Crippen molar-refractivity contribution in [2.24, 2.45) is 0 Å². The molecule has 0 aliphatic heterocycles. The molecule has 0 radical (unpaired) electrons. The van der Waals surface area contributed by atoms with Crippen LogP contribution >= 0.6 is 0 Å². The van der Waals surface area contributed by atoms with Crippen molar-refractivity contribution in [2.45, 2.75) is 13.8 Å². The molecule has 1 aromatic rings. The highest BCUT2D eigenvalue weighted by molar-refractivity contribution is 5.36. The van der Waals surface area contributed by atoms with Gasteiger partial charge in [0.1, 0.15) is 0 Å². The minimum atomic E-state index is -0.735. The second-order valence-electron chi connectivity index (χ2n) is 2.61. The molecule has 1 aromatic heterocycles. The standard InChI is InChI=1S/C10H11NO3/c1-3-5-6-7-8(4-2)11-10(13)14-9(7)12/h3-6H,1-2H3,(H,11,13)/b5-3-,7-6+,8-4+. The monoisotopic (exact) mass is 193 g/mol. The molecule has 0 saturated carbocycles. The minimum Gasteiger partial charge on any atom is -0.372 e. The Morgan fingerprint density at radius 1 is 1.29 bits per heavy atom. The third kappa shape index (κ3) is 2.10.